The van der Waals surface area contributed by atoms with Crippen molar-refractivity contribution < 1.29 is 9.90 Å². The Morgan fingerprint density at radius 1 is 1.33 bits per heavy atom. The van der Waals surface area contributed by atoms with E-state index in [1.807, 2.05) is 43.0 Å². The van der Waals surface area contributed by atoms with Gasteiger partial charge in [-0.15, -0.1) is 0 Å². The van der Waals surface area contributed by atoms with Crippen LogP contribution in [0, 0.1) is 0 Å². The van der Waals surface area contributed by atoms with Gasteiger partial charge in [-0.05, 0) is 31.0 Å². The van der Waals surface area contributed by atoms with Gasteiger partial charge in [0.05, 0.1) is 12.6 Å². The monoisotopic (exact) mass is 250 g/mol. The predicted molar refractivity (Wildman–Crippen MR) is 73.6 cm³/mol. The van der Waals surface area contributed by atoms with Gasteiger partial charge in [0.15, 0.2) is 0 Å². The number of nitrogens with one attached hydrogen (secondary N) is 1. The van der Waals surface area contributed by atoms with Crippen molar-refractivity contribution in [2.45, 2.75) is 26.4 Å². The van der Waals surface area contributed by atoms with E-state index < -0.39 is 6.10 Å². The van der Waals surface area contributed by atoms with E-state index in [9.17, 15) is 9.90 Å². The molecule has 0 bridgehead atoms. The Balaban J connectivity index is 2.78. The molecule has 0 spiro atoms. The summed E-state index contributed by atoms with van der Waals surface area (Å²) in [5.74, 6) is -0.00507. The topological polar surface area (TPSA) is 52.6 Å². The van der Waals surface area contributed by atoms with Crippen molar-refractivity contribution in [3.8, 4) is 0 Å². The molecule has 100 valence electrons. The van der Waals surface area contributed by atoms with Crippen LogP contribution in [0.15, 0.2) is 24.3 Å². The van der Waals surface area contributed by atoms with Gasteiger partial charge in [0.25, 0.3) is 0 Å². The SMILES string of the molecule is CC[C@@H](O)c1ccc(N(CC)CC(=O)NC)cc1. The zero-order chi connectivity index (χ0) is 13.5. The van der Waals surface area contributed by atoms with Gasteiger partial charge >= 0.3 is 0 Å². The molecule has 2 N–H and O–H groups in total. The smallest absolute Gasteiger partial charge is 0.239 e. The van der Waals surface area contributed by atoms with Gasteiger partial charge < -0.3 is 15.3 Å². The molecule has 4 nitrogen and oxygen atoms in total. The van der Waals surface area contributed by atoms with Crippen LogP contribution >= 0.6 is 0 Å². The zero-order valence-electron chi connectivity index (χ0n) is 11.3. The second-order valence-electron chi connectivity index (χ2n) is 4.20. The Morgan fingerprint density at radius 2 is 1.94 bits per heavy atom. The van der Waals surface area contributed by atoms with Gasteiger partial charge in [-0.1, -0.05) is 19.1 Å². The van der Waals surface area contributed by atoms with Crippen molar-refractivity contribution in [2.75, 3.05) is 25.0 Å². The third-order valence-corrected chi connectivity index (χ3v) is 3.02. The molecular weight excluding hydrogens is 228 g/mol. The standard InChI is InChI=1S/C14H22N2O2/c1-4-13(17)11-6-8-12(9-7-11)16(5-2)10-14(18)15-3/h6-9,13,17H,4-5,10H2,1-3H3,(H,15,18)/t13-/m1/s1. The van der Waals surface area contributed by atoms with E-state index in [1.54, 1.807) is 7.05 Å². The van der Waals surface area contributed by atoms with Crippen molar-refractivity contribution in [1.29, 1.82) is 0 Å². The summed E-state index contributed by atoms with van der Waals surface area (Å²) in [6.45, 7) is 5.08. The summed E-state index contributed by atoms with van der Waals surface area (Å²) in [7, 11) is 1.64. The lowest BCUT2D eigenvalue weighted by atomic mass is 10.1. The summed E-state index contributed by atoms with van der Waals surface area (Å²) in [6.07, 6.45) is 0.294. The third-order valence-electron chi connectivity index (χ3n) is 3.02. The lowest BCUT2D eigenvalue weighted by Gasteiger charge is -2.22. The fourth-order valence-corrected chi connectivity index (χ4v) is 1.78. The molecule has 0 aliphatic carbocycles. The number of nitrogens with zero attached hydrogens (tertiary/aromatic N) is 1. The fraction of sp³-hybridized carbons (Fsp3) is 0.500. The molecule has 0 saturated heterocycles. The van der Waals surface area contributed by atoms with Crippen LogP contribution in [0.5, 0.6) is 0 Å². The number of aliphatic hydroxyl groups excluding tert-OH is 1. The van der Waals surface area contributed by atoms with Crippen molar-refractivity contribution in [2.24, 2.45) is 0 Å². The maximum atomic E-state index is 11.4. The maximum Gasteiger partial charge on any atom is 0.239 e. The molecule has 1 atom stereocenters. The minimum absolute atomic E-state index is 0.00507. The minimum atomic E-state index is -0.409. The van der Waals surface area contributed by atoms with Crippen LogP contribution in [0.4, 0.5) is 5.69 Å². The Labute approximate surface area is 109 Å². The average Bonchev–Trinajstić information content (AvgIpc) is 2.43. The molecule has 1 aromatic rings. The Kier molecular flexibility index (Phi) is 5.65. The number of carbonyl (C=O) groups excluding carboxylic acids is 1. The lowest BCUT2D eigenvalue weighted by Crippen LogP contribution is -2.35. The molecule has 0 aliphatic rings. The number of aliphatic hydroxyl groups is 1. The number of likely N-dealkylation sites (N-methyl/N-ethyl adjacent to an activating group) is 2. The van der Waals surface area contributed by atoms with Crippen LogP contribution in [0.3, 0.4) is 0 Å². The molecule has 4 heteroatoms. The first-order valence-corrected chi connectivity index (χ1v) is 6.35. The van der Waals surface area contributed by atoms with Crippen molar-refractivity contribution in [3.05, 3.63) is 29.8 Å². The number of rotatable bonds is 6. The summed E-state index contributed by atoms with van der Waals surface area (Å²) >= 11 is 0. The van der Waals surface area contributed by atoms with E-state index in [4.69, 9.17) is 0 Å². The number of benzene rings is 1. The number of hydrogen-bond acceptors (Lipinski definition) is 3. The molecule has 0 saturated carbocycles. The van der Waals surface area contributed by atoms with E-state index in [0.717, 1.165) is 17.8 Å². The minimum Gasteiger partial charge on any atom is -0.388 e. The molecular formula is C14H22N2O2. The molecule has 0 aliphatic heterocycles. The van der Waals surface area contributed by atoms with Gasteiger partial charge in [-0.25, -0.2) is 0 Å². The van der Waals surface area contributed by atoms with Crippen LogP contribution in [0.2, 0.25) is 0 Å². The van der Waals surface area contributed by atoms with Gasteiger partial charge in [-0.3, -0.25) is 4.79 Å². The normalized spacial score (nSPS) is 12.0. The van der Waals surface area contributed by atoms with Crippen LogP contribution in [-0.4, -0.2) is 31.2 Å². The molecule has 1 rings (SSSR count). The first-order valence-electron chi connectivity index (χ1n) is 6.35. The summed E-state index contributed by atoms with van der Waals surface area (Å²) in [6, 6.07) is 7.72. The Hall–Kier alpha value is -1.55. The van der Waals surface area contributed by atoms with E-state index in [2.05, 4.69) is 5.32 Å². The quantitative estimate of drug-likeness (QED) is 0.808. The van der Waals surface area contributed by atoms with Gasteiger partial charge in [-0.2, -0.15) is 0 Å². The number of hydrogen-bond donors (Lipinski definition) is 2. The van der Waals surface area contributed by atoms with Crippen LogP contribution in [-0.2, 0) is 4.79 Å². The molecule has 0 heterocycles. The molecule has 0 radical (unpaired) electrons. The van der Waals surface area contributed by atoms with Crippen molar-refractivity contribution in [1.82, 2.24) is 5.32 Å². The molecule has 1 aromatic carbocycles. The van der Waals surface area contributed by atoms with Gasteiger partial charge in [0, 0.05) is 19.3 Å². The highest BCUT2D eigenvalue weighted by Gasteiger charge is 2.10. The largest absolute Gasteiger partial charge is 0.388 e. The van der Waals surface area contributed by atoms with Crippen LogP contribution < -0.4 is 10.2 Å². The van der Waals surface area contributed by atoms with Gasteiger partial charge in [0.1, 0.15) is 0 Å². The van der Waals surface area contributed by atoms with Crippen LogP contribution in [0.25, 0.3) is 0 Å². The second kappa shape index (κ2) is 7.01. The summed E-state index contributed by atoms with van der Waals surface area (Å²) in [5.41, 5.74) is 1.91. The Bertz CT molecular complexity index is 376. The summed E-state index contributed by atoms with van der Waals surface area (Å²) < 4.78 is 0. The summed E-state index contributed by atoms with van der Waals surface area (Å²) in [4.78, 5) is 13.4. The van der Waals surface area contributed by atoms with E-state index in [-0.39, 0.29) is 5.91 Å². The lowest BCUT2D eigenvalue weighted by molar-refractivity contribution is -0.119. The maximum absolute atomic E-state index is 11.4. The highest BCUT2D eigenvalue weighted by Crippen LogP contribution is 2.20. The molecule has 18 heavy (non-hydrogen) atoms. The Morgan fingerprint density at radius 3 is 2.39 bits per heavy atom. The second-order valence-corrected chi connectivity index (χ2v) is 4.20. The van der Waals surface area contributed by atoms with Crippen molar-refractivity contribution >= 4 is 11.6 Å². The summed E-state index contributed by atoms with van der Waals surface area (Å²) in [5, 5.41) is 12.3. The third kappa shape index (κ3) is 3.74. The van der Waals surface area contributed by atoms with Gasteiger partial charge in [0.2, 0.25) is 5.91 Å². The van der Waals surface area contributed by atoms with E-state index in [0.29, 0.717) is 13.0 Å². The highest BCUT2D eigenvalue weighted by atomic mass is 16.3. The fourth-order valence-electron chi connectivity index (χ4n) is 1.78. The molecule has 0 fully saturated rings. The first-order chi connectivity index (χ1) is 8.62. The number of carbonyl (C=O) groups is 1. The predicted octanol–water partition coefficient (Wildman–Crippen LogP) is 1.70. The highest BCUT2D eigenvalue weighted by molar-refractivity contribution is 5.81. The van der Waals surface area contributed by atoms with E-state index >= 15 is 0 Å². The number of anilines is 1. The van der Waals surface area contributed by atoms with Crippen molar-refractivity contribution in [3.63, 3.8) is 0 Å². The average molecular weight is 250 g/mol. The molecule has 0 aromatic heterocycles. The number of amides is 1. The molecule has 1 amide bonds. The molecule has 0 unspecified atom stereocenters. The zero-order valence-corrected chi connectivity index (χ0v) is 11.3. The van der Waals surface area contributed by atoms with Crippen LogP contribution in [0.1, 0.15) is 31.9 Å². The van der Waals surface area contributed by atoms with E-state index in [1.165, 1.54) is 0 Å². The first kappa shape index (κ1) is 14.5.